The van der Waals surface area contributed by atoms with Crippen LogP contribution in [0.25, 0.3) is 0 Å². The highest BCUT2D eigenvalue weighted by Gasteiger charge is 2.25. The zero-order chi connectivity index (χ0) is 10.4. The molecule has 4 nitrogen and oxygen atoms in total. The van der Waals surface area contributed by atoms with Gasteiger partial charge in [0.2, 0.25) is 5.91 Å². The number of amides is 1. The number of hydrogen-bond acceptors (Lipinski definition) is 3. The number of carbonyl (C=O) groups is 1. The van der Waals surface area contributed by atoms with Gasteiger partial charge < -0.3 is 15.8 Å². The normalized spacial score (nSPS) is 17.9. The van der Waals surface area contributed by atoms with Crippen LogP contribution in [-0.4, -0.2) is 32.2 Å². The highest BCUT2D eigenvalue weighted by Crippen LogP contribution is 2.32. The van der Waals surface area contributed by atoms with E-state index in [9.17, 15) is 4.79 Å². The first kappa shape index (κ1) is 11.5. The first-order chi connectivity index (χ1) is 6.76. The zero-order valence-corrected chi connectivity index (χ0v) is 8.79. The summed E-state index contributed by atoms with van der Waals surface area (Å²) in [5.74, 6) is 0.777. The Morgan fingerprint density at radius 2 is 2.36 bits per heavy atom. The van der Waals surface area contributed by atoms with Crippen molar-refractivity contribution in [2.24, 2.45) is 11.7 Å². The van der Waals surface area contributed by atoms with E-state index in [0.29, 0.717) is 25.5 Å². The van der Waals surface area contributed by atoms with Crippen LogP contribution in [0.5, 0.6) is 0 Å². The third-order valence-electron chi connectivity index (χ3n) is 2.42. The molecule has 1 saturated carbocycles. The molecule has 0 aromatic rings. The Kier molecular flexibility index (Phi) is 4.90. The van der Waals surface area contributed by atoms with Crippen molar-refractivity contribution in [1.29, 1.82) is 0 Å². The van der Waals surface area contributed by atoms with Gasteiger partial charge in [0, 0.05) is 13.5 Å². The molecule has 1 aliphatic rings. The van der Waals surface area contributed by atoms with Gasteiger partial charge >= 0.3 is 0 Å². The molecule has 14 heavy (non-hydrogen) atoms. The van der Waals surface area contributed by atoms with Crippen molar-refractivity contribution in [2.75, 3.05) is 20.3 Å². The Morgan fingerprint density at radius 3 is 2.86 bits per heavy atom. The van der Waals surface area contributed by atoms with E-state index in [1.54, 1.807) is 7.11 Å². The summed E-state index contributed by atoms with van der Waals surface area (Å²) in [6.45, 7) is 1.13. The summed E-state index contributed by atoms with van der Waals surface area (Å²) < 4.78 is 5.01. The van der Waals surface area contributed by atoms with Gasteiger partial charge in [0.15, 0.2) is 0 Å². The SMILES string of the molecule is COCC(CCN)NC(=O)CC1CC1. The molecule has 1 aliphatic carbocycles. The molecule has 4 heteroatoms. The highest BCUT2D eigenvalue weighted by atomic mass is 16.5. The third kappa shape index (κ3) is 4.58. The summed E-state index contributed by atoms with van der Waals surface area (Å²) in [4.78, 5) is 11.4. The Morgan fingerprint density at radius 1 is 1.64 bits per heavy atom. The minimum absolute atomic E-state index is 0.0799. The molecule has 3 N–H and O–H groups in total. The molecule has 0 bridgehead atoms. The molecular weight excluding hydrogens is 180 g/mol. The fourth-order valence-corrected chi connectivity index (χ4v) is 1.47. The minimum Gasteiger partial charge on any atom is -0.383 e. The Balaban J connectivity index is 2.17. The summed E-state index contributed by atoms with van der Waals surface area (Å²) in [5.41, 5.74) is 5.44. The molecule has 0 spiro atoms. The molecule has 1 rings (SSSR count). The van der Waals surface area contributed by atoms with Gasteiger partial charge in [0.1, 0.15) is 0 Å². The monoisotopic (exact) mass is 200 g/mol. The fraction of sp³-hybridized carbons (Fsp3) is 0.900. The number of nitrogens with one attached hydrogen (secondary N) is 1. The molecule has 1 amide bonds. The lowest BCUT2D eigenvalue weighted by Gasteiger charge is -2.16. The van der Waals surface area contributed by atoms with Crippen LogP contribution in [0.2, 0.25) is 0 Å². The lowest BCUT2D eigenvalue weighted by Crippen LogP contribution is -2.39. The molecule has 0 aliphatic heterocycles. The van der Waals surface area contributed by atoms with Crippen molar-refractivity contribution in [3.8, 4) is 0 Å². The maximum atomic E-state index is 11.4. The van der Waals surface area contributed by atoms with Gasteiger partial charge in [-0.15, -0.1) is 0 Å². The number of ether oxygens (including phenoxy) is 1. The first-order valence-electron chi connectivity index (χ1n) is 5.24. The number of methoxy groups -OCH3 is 1. The van der Waals surface area contributed by atoms with Crippen LogP contribution in [0.3, 0.4) is 0 Å². The molecule has 0 saturated heterocycles. The van der Waals surface area contributed by atoms with Crippen molar-refractivity contribution >= 4 is 5.91 Å². The van der Waals surface area contributed by atoms with Crippen molar-refractivity contribution in [3.63, 3.8) is 0 Å². The van der Waals surface area contributed by atoms with Crippen LogP contribution in [0, 0.1) is 5.92 Å². The van der Waals surface area contributed by atoms with E-state index in [1.807, 2.05) is 0 Å². The topological polar surface area (TPSA) is 64.3 Å². The van der Waals surface area contributed by atoms with E-state index < -0.39 is 0 Å². The highest BCUT2D eigenvalue weighted by molar-refractivity contribution is 5.76. The molecule has 1 unspecified atom stereocenters. The van der Waals surface area contributed by atoms with Crippen LogP contribution >= 0.6 is 0 Å². The molecule has 0 radical (unpaired) electrons. The molecule has 82 valence electrons. The first-order valence-corrected chi connectivity index (χ1v) is 5.24. The van der Waals surface area contributed by atoms with Gasteiger partial charge in [-0.2, -0.15) is 0 Å². The van der Waals surface area contributed by atoms with Gasteiger partial charge in [0.25, 0.3) is 0 Å². The van der Waals surface area contributed by atoms with E-state index >= 15 is 0 Å². The van der Waals surface area contributed by atoms with Crippen LogP contribution in [-0.2, 0) is 9.53 Å². The molecule has 0 heterocycles. The Bertz CT molecular complexity index is 175. The van der Waals surface area contributed by atoms with Crippen molar-refractivity contribution < 1.29 is 9.53 Å². The Hall–Kier alpha value is -0.610. The lowest BCUT2D eigenvalue weighted by molar-refractivity contribution is -0.122. The quantitative estimate of drug-likeness (QED) is 0.620. The van der Waals surface area contributed by atoms with E-state index in [2.05, 4.69) is 5.32 Å². The standard InChI is InChI=1S/C10H20N2O2/c1-14-7-9(4-5-11)12-10(13)6-8-2-3-8/h8-9H,2-7,11H2,1H3,(H,12,13). The second-order valence-corrected chi connectivity index (χ2v) is 3.94. The molecule has 1 fully saturated rings. The largest absolute Gasteiger partial charge is 0.383 e. The van der Waals surface area contributed by atoms with Crippen LogP contribution in [0.4, 0.5) is 0 Å². The maximum absolute atomic E-state index is 11.4. The average Bonchev–Trinajstić information content (AvgIpc) is 2.89. The van der Waals surface area contributed by atoms with Gasteiger partial charge in [-0.3, -0.25) is 4.79 Å². The van der Waals surface area contributed by atoms with E-state index in [0.717, 1.165) is 6.42 Å². The van der Waals surface area contributed by atoms with Gasteiger partial charge in [0.05, 0.1) is 12.6 Å². The van der Waals surface area contributed by atoms with Crippen LogP contribution in [0.1, 0.15) is 25.7 Å². The Labute approximate surface area is 85.2 Å². The van der Waals surface area contributed by atoms with Crippen molar-refractivity contribution in [2.45, 2.75) is 31.7 Å². The summed E-state index contributed by atoms with van der Waals surface area (Å²) in [7, 11) is 1.64. The predicted octanol–water partition coefficient (Wildman–Crippen LogP) is 0.267. The number of hydrogen-bond donors (Lipinski definition) is 2. The second kappa shape index (κ2) is 5.98. The second-order valence-electron chi connectivity index (χ2n) is 3.94. The molecule has 0 aromatic heterocycles. The minimum atomic E-state index is 0.0799. The fourth-order valence-electron chi connectivity index (χ4n) is 1.47. The van der Waals surface area contributed by atoms with Crippen molar-refractivity contribution in [1.82, 2.24) is 5.32 Å². The molecular formula is C10H20N2O2. The van der Waals surface area contributed by atoms with E-state index in [-0.39, 0.29) is 11.9 Å². The van der Waals surface area contributed by atoms with Crippen LogP contribution < -0.4 is 11.1 Å². The summed E-state index contributed by atoms with van der Waals surface area (Å²) in [5, 5.41) is 2.95. The smallest absolute Gasteiger partial charge is 0.220 e. The third-order valence-corrected chi connectivity index (χ3v) is 2.42. The van der Waals surface area contributed by atoms with E-state index in [4.69, 9.17) is 10.5 Å². The van der Waals surface area contributed by atoms with Gasteiger partial charge in [-0.25, -0.2) is 0 Å². The zero-order valence-electron chi connectivity index (χ0n) is 8.79. The summed E-state index contributed by atoms with van der Waals surface area (Å²) >= 11 is 0. The summed E-state index contributed by atoms with van der Waals surface area (Å²) in [6.07, 6.45) is 3.87. The average molecular weight is 200 g/mol. The number of carbonyl (C=O) groups excluding carboxylic acids is 1. The molecule has 1 atom stereocenters. The van der Waals surface area contributed by atoms with E-state index in [1.165, 1.54) is 12.8 Å². The van der Waals surface area contributed by atoms with Gasteiger partial charge in [-0.05, 0) is 31.7 Å². The van der Waals surface area contributed by atoms with Crippen molar-refractivity contribution in [3.05, 3.63) is 0 Å². The maximum Gasteiger partial charge on any atom is 0.220 e. The predicted molar refractivity (Wildman–Crippen MR) is 54.8 cm³/mol. The number of nitrogens with two attached hydrogens (primary N) is 1. The van der Waals surface area contributed by atoms with Crippen LogP contribution in [0.15, 0.2) is 0 Å². The van der Waals surface area contributed by atoms with Gasteiger partial charge in [-0.1, -0.05) is 0 Å². The number of rotatable bonds is 7. The molecule has 0 aromatic carbocycles. The summed E-state index contributed by atoms with van der Waals surface area (Å²) in [6, 6.07) is 0.0799. The lowest BCUT2D eigenvalue weighted by atomic mass is 10.2.